The average molecular weight is 424 g/mol. The van der Waals surface area contributed by atoms with Crippen LogP contribution in [0.25, 0.3) is 10.9 Å². The number of benzene rings is 2. The van der Waals surface area contributed by atoms with Crippen LogP contribution in [-0.4, -0.2) is 32.5 Å². The van der Waals surface area contributed by atoms with Crippen molar-refractivity contribution in [2.75, 3.05) is 5.32 Å². The summed E-state index contributed by atoms with van der Waals surface area (Å²) in [6.07, 6.45) is -0.962. The number of anilines is 1. The molecule has 0 bridgehead atoms. The number of aromatic nitrogens is 2. The number of rotatable bonds is 7. The molecule has 1 heterocycles. The number of carbonyl (C=O) groups excluding carboxylic acids is 2. The molecule has 160 valence electrons. The number of ether oxygens (including phenoxy) is 1. The van der Waals surface area contributed by atoms with Crippen molar-refractivity contribution in [3.8, 4) is 0 Å². The van der Waals surface area contributed by atoms with Gasteiger partial charge in [-0.05, 0) is 31.2 Å². The van der Waals surface area contributed by atoms with E-state index in [4.69, 9.17) is 4.74 Å². The van der Waals surface area contributed by atoms with Gasteiger partial charge in [0, 0.05) is 31.3 Å². The van der Waals surface area contributed by atoms with Crippen LogP contribution in [-0.2, 0) is 27.8 Å². The second-order valence-corrected chi connectivity index (χ2v) is 6.83. The van der Waals surface area contributed by atoms with Crippen LogP contribution in [0.5, 0.6) is 0 Å². The average Bonchev–Trinajstić information content (AvgIpc) is 2.75. The molecule has 1 N–H and O–H groups in total. The zero-order valence-corrected chi connectivity index (χ0v) is 16.9. The Kier molecular flexibility index (Phi) is 6.39. The van der Waals surface area contributed by atoms with Crippen LogP contribution in [0.15, 0.2) is 53.3 Å². The highest BCUT2D eigenvalue weighted by Crippen LogP contribution is 2.16. The van der Waals surface area contributed by atoms with Crippen molar-refractivity contribution < 1.29 is 19.2 Å². The number of nitro benzene ring substituents is 1. The third-order valence-electron chi connectivity index (χ3n) is 4.65. The highest BCUT2D eigenvalue weighted by Gasteiger charge is 2.19. The lowest BCUT2D eigenvalue weighted by atomic mass is 10.2. The predicted octanol–water partition coefficient (Wildman–Crippen LogP) is 2.34. The first-order valence-corrected chi connectivity index (χ1v) is 9.45. The molecule has 1 amide bonds. The number of fused-ring (bicyclic) bond motifs is 1. The maximum absolute atomic E-state index is 12.4. The molecule has 3 aromatic rings. The zero-order valence-electron chi connectivity index (χ0n) is 16.9. The second-order valence-electron chi connectivity index (χ2n) is 6.83. The topological polar surface area (TPSA) is 133 Å². The van der Waals surface area contributed by atoms with Gasteiger partial charge in [-0.15, -0.1) is 0 Å². The Bertz CT molecular complexity index is 1200. The number of non-ortho nitro benzene ring substituents is 1. The van der Waals surface area contributed by atoms with Crippen molar-refractivity contribution in [3.05, 3.63) is 74.8 Å². The van der Waals surface area contributed by atoms with Crippen LogP contribution in [0.1, 0.15) is 19.2 Å². The molecule has 1 unspecified atom stereocenters. The van der Waals surface area contributed by atoms with Gasteiger partial charge in [-0.3, -0.25) is 29.1 Å². The quantitative estimate of drug-likeness (QED) is 0.349. The summed E-state index contributed by atoms with van der Waals surface area (Å²) in [6, 6.07) is 12.2. The van der Waals surface area contributed by atoms with Crippen LogP contribution < -0.4 is 10.9 Å². The number of nitro groups is 1. The van der Waals surface area contributed by atoms with E-state index >= 15 is 0 Å². The van der Waals surface area contributed by atoms with Gasteiger partial charge in [0.1, 0.15) is 5.82 Å². The molecule has 10 heteroatoms. The monoisotopic (exact) mass is 424 g/mol. The molecule has 3 rings (SSSR count). The van der Waals surface area contributed by atoms with Gasteiger partial charge in [-0.1, -0.05) is 12.1 Å². The Morgan fingerprint density at radius 2 is 1.87 bits per heavy atom. The molecule has 31 heavy (non-hydrogen) atoms. The highest BCUT2D eigenvalue weighted by molar-refractivity contribution is 5.95. The number of hydrogen-bond donors (Lipinski definition) is 1. The van der Waals surface area contributed by atoms with E-state index in [9.17, 15) is 24.5 Å². The normalized spacial score (nSPS) is 11.7. The van der Waals surface area contributed by atoms with Gasteiger partial charge in [-0.2, -0.15) is 0 Å². The molecule has 0 saturated heterocycles. The Labute approximate surface area is 176 Å². The van der Waals surface area contributed by atoms with Crippen LogP contribution in [0, 0.1) is 10.1 Å². The molecule has 0 saturated carbocycles. The lowest BCUT2D eigenvalue weighted by Gasteiger charge is -2.14. The lowest BCUT2D eigenvalue weighted by Crippen LogP contribution is -2.30. The molecule has 0 aliphatic heterocycles. The third kappa shape index (κ3) is 5.10. The van der Waals surface area contributed by atoms with Crippen molar-refractivity contribution >= 4 is 34.2 Å². The summed E-state index contributed by atoms with van der Waals surface area (Å²) in [7, 11) is 1.59. The summed E-state index contributed by atoms with van der Waals surface area (Å²) in [6.45, 7) is 1.42. The summed E-state index contributed by atoms with van der Waals surface area (Å²) in [4.78, 5) is 51.3. The Hall–Kier alpha value is -4.08. The first kappa shape index (κ1) is 21.6. The van der Waals surface area contributed by atoms with E-state index in [0.717, 1.165) is 0 Å². The minimum atomic E-state index is -1.07. The first-order valence-electron chi connectivity index (χ1n) is 9.45. The maximum Gasteiger partial charge on any atom is 0.307 e. The van der Waals surface area contributed by atoms with E-state index in [1.807, 2.05) is 0 Å². The molecule has 2 aromatic carbocycles. The summed E-state index contributed by atoms with van der Waals surface area (Å²) >= 11 is 0. The summed E-state index contributed by atoms with van der Waals surface area (Å²) in [5, 5.41) is 13.7. The van der Waals surface area contributed by atoms with E-state index in [-0.39, 0.29) is 24.1 Å². The van der Waals surface area contributed by atoms with Gasteiger partial charge < -0.3 is 10.1 Å². The van der Waals surface area contributed by atoms with E-state index in [1.165, 1.54) is 35.8 Å². The standard InChI is InChI=1S/C21H20N4O6/c1-13(20(27)22-14-7-9-15(10-8-14)25(29)30)31-19(26)12-11-18-23-17-6-4-3-5-16(17)21(28)24(18)2/h3-10,13H,11-12H2,1-2H3,(H,22,27). The molecule has 0 aliphatic carbocycles. The van der Waals surface area contributed by atoms with Crippen molar-refractivity contribution in [2.45, 2.75) is 25.9 Å². The van der Waals surface area contributed by atoms with E-state index in [0.29, 0.717) is 22.4 Å². The van der Waals surface area contributed by atoms with Gasteiger partial charge in [0.05, 0.1) is 22.2 Å². The fraction of sp³-hybridized carbons (Fsp3) is 0.238. The van der Waals surface area contributed by atoms with Crippen LogP contribution >= 0.6 is 0 Å². The molecule has 10 nitrogen and oxygen atoms in total. The number of hydrogen-bond acceptors (Lipinski definition) is 7. The summed E-state index contributed by atoms with van der Waals surface area (Å²) < 4.78 is 6.54. The molecule has 0 radical (unpaired) electrons. The fourth-order valence-corrected chi connectivity index (χ4v) is 2.92. The number of nitrogens with one attached hydrogen (secondary N) is 1. The number of amides is 1. The number of carbonyl (C=O) groups is 2. The van der Waals surface area contributed by atoms with Crippen LogP contribution in [0.2, 0.25) is 0 Å². The molecule has 0 fully saturated rings. The summed E-state index contributed by atoms with van der Waals surface area (Å²) in [5.74, 6) is -0.754. The van der Waals surface area contributed by atoms with Gasteiger partial charge in [0.25, 0.3) is 17.2 Å². The Morgan fingerprint density at radius 1 is 1.19 bits per heavy atom. The molecule has 1 aromatic heterocycles. The first-order chi connectivity index (χ1) is 14.8. The summed E-state index contributed by atoms with van der Waals surface area (Å²) in [5.41, 5.74) is 0.581. The smallest absolute Gasteiger partial charge is 0.307 e. The zero-order chi connectivity index (χ0) is 22.5. The van der Waals surface area contributed by atoms with Crippen molar-refractivity contribution in [2.24, 2.45) is 7.05 Å². The van der Waals surface area contributed by atoms with E-state index in [1.54, 1.807) is 31.3 Å². The number of esters is 1. The largest absolute Gasteiger partial charge is 0.453 e. The molecule has 0 aliphatic rings. The fourth-order valence-electron chi connectivity index (χ4n) is 2.92. The minimum Gasteiger partial charge on any atom is -0.453 e. The van der Waals surface area contributed by atoms with Gasteiger partial charge in [-0.25, -0.2) is 4.98 Å². The Morgan fingerprint density at radius 3 is 2.55 bits per heavy atom. The number of nitrogens with zero attached hydrogens (tertiary/aromatic N) is 3. The lowest BCUT2D eigenvalue weighted by molar-refractivity contribution is -0.384. The Balaban J connectivity index is 1.57. The third-order valence-corrected chi connectivity index (χ3v) is 4.65. The predicted molar refractivity (Wildman–Crippen MR) is 113 cm³/mol. The SMILES string of the molecule is CC(OC(=O)CCc1nc2ccccc2c(=O)n1C)C(=O)Nc1ccc([N+](=O)[O-])cc1. The van der Waals surface area contributed by atoms with Crippen LogP contribution in [0.4, 0.5) is 11.4 Å². The second kappa shape index (κ2) is 9.16. The number of aryl methyl sites for hydroxylation is 1. The van der Waals surface area contributed by atoms with E-state index < -0.39 is 22.9 Å². The van der Waals surface area contributed by atoms with Crippen molar-refractivity contribution in [1.29, 1.82) is 0 Å². The molecule has 1 atom stereocenters. The number of para-hydroxylation sites is 1. The van der Waals surface area contributed by atoms with Crippen molar-refractivity contribution in [1.82, 2.24) is 9.55 Å². The van der Waals surface area contributed by atoms with Gasteiger partial charge in [0.2, 0.25) is 0 Å². The van der Waals surface area contributed by atoms with E-state index in [2.05, 4.69) is 10.3 Å². The van der Waals surface area contributed by atoms with Gasteiger partial charge >= 0.3 is 5.97 Å². The molecular weight excluding hydrogens is 404 g/mol. The highest BCUT2D eigenvalue weighted by atomic mass is 16.6. The minimum absolute atomic E-state index is 0.0617. The molecular formula is C21H20N4O6. The van der Waals surface area contributed by atoms with Gasteiger partial charge in [0.15, 0.2) is 6.10 Å². The van der Waals surface area contributed by atoms with Crippen LogP contribution in [0.3, 0.4) is 0 Å². The van der Waals surface area contributed by atoms with Crippen molar-refractivity contribution in [3.63, 3.8) is 0 Å². The molecule has 0 spiro atoms. The maximum atomic E-state index is 12.4.